The van der Waals surface area contributed by atoms with Gasteiger partial charge in [-0.05, 0) is 67.0 Å². The molecule has 3 N–H and O–H groups in total. The number of benzene rings is 2. The SMILES string of the molecule is COCCN(C)c1cnc(CNC(COc2cc(-c3c(C)cccc3C)nc(NSc3cccc(C(=O)O)c3)n2)CC(C)(C)C)nc1. The lowest BCUT2D eigenvalue weighted by atomic mass is 9.88. The summed E-state index contributed by atoms with van der Waals surface area (Å²) in [7, 11) is 3.67. The molecule has 2 aromatic heterocycles. The Morgan fingerprint density at radius 3 is 2.40 bits per heavy atom. The smallest absolute Gasteiger partial charge is 0.335 e. The van der Waals surface area contributed by atoms with Gasteiger partial charge in [0.15, 0.2) is 0 Å². The summed E-state index contributed by atoms with van der Waals surface area (Å²) in [6.07, 6.45) is 4.51. The highest BCUT2D eigenvalue weighted by Gasteiger charge is 2.21. The molecule has 0 aliphatic heterocycles. The first-order valence-electron chi connectivity index (χ1n) is 15.5. The minimum atomic E-state index is -0.982. The first-order valence-corrected chi connectivity index (χ1v) is 16.3. The van der Waals surface area contributed by atoms with Gasteiger partial charge in [-0.25, -0.2) is 19.7 Å². The van der Waals surface area contributed by atoms with Gasteiger partial charge in [-0.3, -0.25) is 4.72 Å². The van der Waals surface area contributed by atoms with Gasteiger partial charge in [-0.1, -0.05) is 45.0 Å². The van der Waals surface area contributed by atoms with Crippen LogP contribution >= 0.6 is 11.9 Å². The highest BCUT2D eigenvalue weighted by molar-refractivity contribution is 8.00. The van der Waals surface area contributed by atoms with Crippen molar-refractivity contribution in [1.29, 1.82) is 0 Å². The molecule has 4 aromatic rings. The van der Waals surface area contributed by atoms with Gasteiger partial charge in [0.2, 0.25) is 11.8 Å². The Morgan fingerprint density at radius 1 is 1.04 bits per heavy atom. The molecule has 47 heavy (non-hydrogen) atoms. The number of rotatable bonds is 16. The lowest BCUT2D eigenvalue weighted by Gasteiger charge is -2.27. The first-order chi connectivity index (χ1) is 22.4. The minimum Gasteiger partial charge on any atom is -0.478 e. The molecule has 250 valence electrons. The number of aryl methyl sites for hydroxylation is 2. The van der Waals surface area contributed by atoms with Crippen molar-refractivity contribution in [3.05, 3.63) is 83.4 Å². The molecule has 0 aliphatic rings. The zero-order valence-electron chi connectivity index (χ0n) is 28.2. The van der Waals surface area contributed by atoms with E-state index in [9.17, 15) is 9.90 Å². The number of nitrogens with zero attached hydrogens (tertiary/aromatic N) is 5. The van der Waals surface area contributed by atoms with Crippen LogP contribution in [-0.2, 0) is 11.3 Å². The Hall–Kier alpha value is -4.26. The molecule has 11 nitrogen and oxygen atoms in total. The summed E-state index contributed by atoms with van der Waals surface area (Å²) in [5, 5.41) is 13.0. The van der Waals surface area contributed by atoms with Crippen LogP contribution in [0.3, 0.4) is 0 Å². The van der Waals surface area contributed by atoms with Gasteiger partial charge in [-0.2, -0.15) is 4.98 Å². The Kier molecular flexibility index (Phi) is 12.5. The Bertz CT molecular complexity index is 1610. The number of ether oxygens (including phenoxy) is 2. The van der Waals surface area contributed by atoms with Gasteiger partial charge in [0.1, 0.15) is 12.4 Å². The maximum atomic E-state index is 11.5. The minimum absolute atomic E-state index is 0.00851. The lowest BCUT2D eigenvalue weighted by molar-refractivity contribution is 0.0696. The second-order valence-electron chi connectivity index (χ2n) is 12.6. The molecule has 0 amide bonds. The molecule has 1 unspecified atom stereocenters. The quantitative estimate of drug-likeness (QED) is 0.115. The van der Waals surface area contributed by atoms with E-state index in [2.05, 4.69) is 76.6 Å². The molecule has 0 radical (unpaired) electrons. The third-order valence-corrected chi connectivity index (χ3v) is 8.16. The van der Waals surface area contributed by atoms with Gasteiger partial charge in [-0.15, -0.1) is 0 Å². The normalized spacial score (nSPS) is 12.1. The van der Waals surface area contributed by atoms with Crippen molar-refractivity contribution in [1.82, 2.24) is 25.3 Å². The van der Waals surface area contributed by atoms with Gasteiger partial charge >= 0.3 is 5.97 Å². The van der Waals surface area contributed by atoms with E-state index in [1.165, 1.54) is 11.9 Å². The van der Waals surface area contributed by atoms with Crippen molar-refractivity contribution in [3.8, 4) is 17.1 Å². The molecule has 1 atom stereocenters. The average Bonchev–Trinajstić information content (AvgIpc) is 3.03. The summed E-state index contributed by atoms with van der Waals surface area (Å²) in [4.78, 5) is 32.9. The Balaban J connectivity index is 1.52. The predicted molar refractivity (Wildman–Crippen MR) is 187 cm³/mol. The molecule has 12 heteroatoms. The molecule has 2 heterocycles. The maximum absolute atomic E-state index is 11.5. The summed E-state index contributed by atoms with van der Waals surface area (Å²) < 4.78 is 14.7. The molecule has 2 aromatic carbocycles. The van der Waals surface area contributed by atoms with Gasteiger partial charge < -0.3 is 24.8 Å². The van der Waals surface area contributed by atoms with Crippen LogP contribution in [0.15, 0.2) is 65.8 Å². The number of aromatic carboxylic acids is 1. The fourth-order valence-corrected chi connectivity index (χ4v) is 5.67. The van der Waals surface area contributed by atoms with E-state index >= 15 is 0 Å². The van der Waals surface area contributed by atoms with E-state index in [0.717, 1.165) is 45.9 Å². The highest BCUT2D eigenvalue weighted by Crippen LogP contribution is 2.30. The zero-order valence-corrected chi connectivity index (χ0v) is 29.0. The van der Waals surface area contributed by atoms with Crippen molar-refractivity contribution in [2.75, 3.05) is 43.5 Å². The van der Waals surface area contributed by atoms with Crippen LogP contribution in [0.2, 0.25) is 0 Å². The third-order valence-electron chi connectivity index (χ3n) is 7.38. The Labute approximate surface area is 281 Å². The summed E-state index contributed by atoms with van der Waals surface area (Å²) in [6.45, 7) is 12.9. The Morgan fingerprint density at radius 2 is 1.74 bits per heavy atom. The standard InChI is InChI=1S/C35H45N7O4S/c1-23-10-8-11-24(2)32(23)29-17-31(40-34(39-29)41-47-28-13-9-12-25(16-28)33(43)44)46-22-26(18-35(3,4)5)36-21-30-37-19-27(20-38-30)42(6)14-15-45-7/h8-13,16-17,19-20,26,36H,14-15,18,21-22H2,1-7H3,(H,43,44)(H,39,40,41). The van der Waals surface area contributed by atoms with Crippen molar-refractivity contribution >= 4 is 29.6 Å². The van der Waals surface area contributed by atoms with Crippen molar-refractivity contribution < 1.29 is 19.4 Å². The molecule has 0 spiro atoms. The van der Waals surface area contributed by atoms with Crippen molar-refractivity contribution in [2.45, 2.75) is 58.5 Å². The number of hydrogen-bond acceptors (Lipinski definition) is 11. The summed E-state index contributed by atoms with van der Waals surface area (Å²) in [5.74, 6) is 0.502. The molecule has 0 bridgehead atoms. The second-order valence-corrected chi connectivity index (χ2v) is 13.5. The lowest BCUT2D eigenvalue weighted by Crippen LogP contribution is -2.38. The number of methoxy groups -OCH3 is 1. The van der Waals surface area contributed by atoms with E-state index < -0.39 is 5.97 Å². The van der Waals surface area contributed by atoms with E-state index in [1.54, 1.807) is 25.3 Å². The largest absolute Gasteiger partial charge is 0.478 e. The molecule has 0 aliphatic carbocycles. The predicted octanol–water partition coefficient (Wildman–Crippen LogP) is 6.42. The summed E-state index contributed by atoms with van der Waals surface area (Å²) >= 11 is 1.24. The van der Waals surface area contributed by atoms with E-state index in [-0.39, 0.29) is 17.0 Å². The molecular weight excluding hydrogens is 614 g/mol. The number of hydrogen-bond donors (Lipinski definition) is 3. The number of aromatic nitrogens is 4. The monoisotopic (exact) mass is 659 g/mol. The number of carboxylic acids is 1. The number of carboxylic acid groups (broad SMARTS) is 1. The number of nitrogens with one attached hydrogen (secondary N) is 2. The van der Waals surface area contributed by atoms with E-state index in [0.29, 0.717) is 37.4 Å². The molecule has 4 rings (SSSR count). The highest BCUT2D eigenvalue weighted by atomic mass is 32.2. The van der Waals surface area contributed by atoms with Gasteiger partial charge in [0.05, 0.1) is 42.5 Å². The van der Waals surface area contributed by atoms with Crippen LogP contribution in [0.4, 0.5) is 11.6 Å². The van der Waals surface area contributed by atoms with Gasteiger partial charge in [0.25, 0.3) is 0 Å². The summed E-state index contributed by atoms with van der Waals surface area (Å²) in [5.41, 5.74) is 5.10. The van der Waals surface area contributed by atoms with E-state index in [4.69, 9.17) is 14.5 Å². The number of anilines is 2. The fraction of sp³-hybridized carbons (Fsp3) is 0.400. The van der Waals surface area contributed by atoms with Gasteiger partial charge in [0, 0.05) is 43.3 Å². The third kappa shape index (κ3) is 10.9. The molecular formula is C35H45N7O4S. The van der Waals surface area contributed by atoms with Crippen LogP contribution in [-0.4, -0.2) is 71.0 Å². The number of carbonyl (C=O) groups is 1. The summed E-state index contributed by atoms with van der Waals surface area (Å²) in [6, 6.07) is 14.7. The van der Waals surface area contributed by atoms with Crippen LogP contribution < -0.4 is 19.7 Å². The molecule has 0 saturated heterocycles. The molecule has 0 fully saturated rings. The van der Waals surface area contributed by atoms with Crippen LogP contribution in [0.1, 0.15) is 54.5 Å². The first kappa shape index (κ1) is 35.6. The van der Waals surface area contributed by atoms with Crippen molar-refractivity contribution in [2.24, 2.45) is 5.41 Å². The second kappa shape index (κ2) is 16.5. The average molecular weight is 660 g/mol. The molecule has 0 saturated carbocycles. The van der Waals surface area contributed by atoms with Crippen LogP contribution in [0.5, 0.6) is 5.88 Å². The van der Waals surface area contributed by atoms with Crippen molar-refractivity contribution in [3.63, 3.8) is 0 Å². The van der Waals surface area contributed by atoms with Crippen LogP contribution in [0.25, 0.3) is 11.3 Å². The van der Waals surface area contributed by atoms with E-state index in [1.807, 2.05) is 37.6 Å². The van der Waals surface area contributed by atoms with Crippen LogP contribution in [0, 0.1) is 19.3 Å². The number of likely N-dealkylation sites (N-methyl/N-ethyl adjacent to an activating group) is 1. The zero-order chi connectivity index (χ0) is 34.0. The maximum Gasteiger partial charge on any atom is 0.335 e. The topological polar surface area (TPSA) is 135 Å². The fourth-order valence-electron chi connectivity index (χ4n) is 5.03.